The molecule has 0 heterocycles. The molecule has 2 aliphatic rings. The maximum atomic E-state index is 11.6. The third-order valence-electron chi connectivity index (χ3n) is 9.28. The smallest absolute Gasteiger partial charge is 0.185 e. The van der Waals surface area contributed by atoms with Gasteiger partial charge in [-0.25, -0.2) is 0 Å². The van der Waals surface area contributed by atoms with E-state index in [-0.39, 0.29) is 5.78 Å². The van der Waals surface area contributed by atoms with Crippen LogP contribution >= 0.6 is 0 Å². The molecule has 2 aromatic carbocycles. The van der Waals surface area contributed by atoms with Gasteiger partial charge in [-0.15, -0.1) is 0 Å². The molecule has 2 saturated carbocycles. The molecule has 3 heteroatoms. The first kappa shape index (κ1) is 29.4. The van der Waals surface area contributed by atoms with E-state index in [2.05, 4.69) is 37.8 Å². The van der Waals surface area contributed by atoms with E-state index in [1.165, 1.54) is 75.8 Å². The van der Waals surface area contributed by atoms with Crippen molar-refractivity contribution < 1.29 is 14.3 Å². The van der Waals surface area contributed by atoms with E-state index in [1.54, 1.807) is 12.1 Å². The summed E-state index contributed by atoms with van der Waals surface area (Å²) in [6, 6.07) is 16.2. The second-order valence-electron chi connectivity index (χ2n) is 12.0. The number of ketones is 1. The van der Waals surface area contributed by atoms with Crippen LogP contribution in [0.15, 0.2) is 61.2 Å². The van der Waals surface area contributed by atoms with Gasteiger partial charge in [-0.3, -0.25) is 4.79 Å². The van der Waals surface area contributed by atoms with Crippen molar-refractivity contribution in [1.29, 1.82) is 0 Å². The molecule has 2 aliphatic carbocycles. The van der Waals surface area contributed by atoms with Gasteiger partial charge in [-0.2, -0.15) is 0 Å². The second kappa shape index (κ2) is 15.9. The van der Waals surface area contributed by atoms with Crippen LogP contribution in [-0.2, 0) is 0 Å². The lowest BCUT2D eigenvalue weighted by atomic mass is 9.68. The zero-order valence-corrected chi connectivity index (χ0v) is 24.3. The Morgan fingerprint density at radius 1 is 0.744 bits per heavy atom. The van der Waals surface area contributed by atoms with Gasteiger partial charge in [0, 0.05) is 5.56 Å². The average Bonchev–Trinajstić information content (AvgIpc) is 2.99. The molecule has 2 aromatic rings. The summed E-state index contributed by atoms with van der Waals surface area (Å²) in [6.45, 7) is 7.32. The van der Waals surface area contributed by atoms with Gasteiger partial charge < -0.3 is 9.47 Å². The van der Waals surface area contributed by atoms with E-state index in [1.807, 2.05) is 12.1 Å². The van der Waals surface area contributed by atoms with Gasteiger partial charge in [0.25, 0.3) is 0 Å². The van der Waals surface area contributed by atoms with Crippen LogP contribution in [-0.4, -0.2) is 19.0 Å². The van der Waals surface area contributed by atoms with Crippen molar-refractivity contribution in [3.8, 4) is 11.5 Å². The van der Waals surface area contributed by atoms with E-state index < -0.39 is 0 Å². The zero-order chi connectivity index (χ0) is 27.3. The Balaban J connectivity index is 1.04. The predicted molar refractivity (Wildman–Crippen MR) is 162 cm³/mol. The van der Waals surface area contributed by atoms with Crippen LogP contribution in [0.1, 0.15) is 119 Å². The normalized spacial score (nSPS) is 23.2. The molecule has 0 radical (unpaired) electrons. The highest BCUT2D eigenvalue weighted by atomic mass is 16.5. The van der Waals surface area contributed by atoms with Crippen molar-refractivity contribution in [1.82, 2.24) is 0 Å². The van der Waals surface area contributed by atoms with Crippen molar-refractivity contribution in [3.05, 3.63) is 72.3 Å². The lowest BCUT2D eigenvalue weighted by Gasteiger charge is -2.38. The minimum atomic E-state index is -0.0629. The number of carbonyl (C=O) groups is 1. The predicted octanol–water partition coefficient (Wildman–Crippen LogP) is 9.95. The van der Waals surface area contributed by atoms with E-state index in [4.69, 9.17) is 9.47 Å². The van der Waals surface area contributed by atoms with Crippen LogP contribution in [0, 0.1) is 17.8 Å². The summed E-state index contributed by atoms with van der Waals surface area (Å²) in [7, 11) is 0. The van der Waals surface area contributed by atoms with Crippen molar-refractivity contribution in [2.45, 2.75) is 103 Å². The Morgan fingerprint density at radius 2 is 1.26 bits per heavy atom. The third kappa shape index (κ3) is 9.26. The highest BCUT2D eigenvalue weighted by Crippen LogP contribution is 2.44. The Bertz CT molecular complexity index is 977. The van der Waals surface area contributed by atoms with Gasteiger partial charge >= 0.3 is 0 Å². The summed E-state index contributed by atoms with van der Waals surface area (Å²) in [5.74, 6) is 5.50. The van der Waals surface area contributed by atoms with E-state index in [9.17, 15) is 4.79 Å². The molecule has 0 atom stereocenters. The van der Waals surface area contributed by atoms with Gasteiger partial charge in [0.2, 0.25) is 0 Å². The van der Waals surface area contributed by atoms with E-state index in [0.717, 1.165) is 67.5 Å². The Kier molecular flexibility index (Phi) is 12.0. The number of unbranched alkanes of at least 4 members (excludes halogenated alkanes) is 3. The summed E-state index contributed by atoms with van der Waals surface area (Å²) in [4.78, 5) is 11.6. The molecule has 4 rings (SSSR count). The first-order chi connectivity index (χ1) is 19.2. The maximum Gasteiger partial charge on any atom is 0.185 e. The molecule has 0 unspecified atom stereocenters. The quantitative estimate of drug-likeness (QED) is 0.131. The van der Waals surface area contributed by atoms with Gasteiger partial charge in [-0.1, -0.05) is 51.3 Å². The fourth-order valence-corrected chi connectivity index (χ4v) is 6.89. The van der Waals surface area contributed by atoms with Gasteiger partial charge in [-0.05, 0) is 136 Å². The molecular weight excluding hydrogens is 480 g/mol. The maximum absolute atomic E-state index is 11.6. The van der Waals surface area contributed by atoms with E-state index in [0.29, 0.717) is 12.2 Å². The molecule has 0 bridgehead atoms. The highest BCUT2D eigenvalue weighted by molar-refractivity contribution is 6.04. The lowest BCUT2D eigenvalue weighted by Crippen LogP contribution is -2.25. The fourth-order valence-electron chi connectivity index (χ4n) is 6.89. The average molecular weight is 531 g/mol. The molecular formula is C36H50O3. The topological polar surface area (TPSA) is 35.5 Å². The number of hydrogen-bond acceptors (Lipinski definition) is 3. The molecule has 2 fully saturated rings. The largest absolute Gasteiger partial charge is 0.494 e. The fraction of sp³-hybridized carbons (Fsp3) is 0.583. The van der Waals surface area contributed by atoms with Crippen LogP contribution in [0.4, 0.5) is 0 Å². The first-order valence-electron chi connectivity index (χ1n) is 15.8. The van der Waals surface area contributed by atoms with Gasteiger partial charge in [0.1, 0.15) is 11.5 Å². The van der Waals surface area contributed by atoms with Crippen molar-refractivity contribution in [2.75, 3.05) is 13.2 Å². The number of benzene rings is 2. The summed E-state index contributed by atoms with van der Waals surface area (Å²) in [5, 5.41) is 0. The molecule has 0 aliphatic heterocycles. The van der Waals surface area contributed by atoms with Crippen molar-refractivity contribution in [3.63, 3.8) is 0 Å². The van der Waals surface area contributed by atoms with E-state index >= 15 is 0 Å². The van der Waals surface area contributed by atoms with Gasteiger partial charge in [0.05, 0.1) is 13.2 Å². The standard InChI is InChI=1S/C36H50O3/c1-3-9-28-10-12-29(13-11-28)30-14-16-31(17-15-30)32-18-22-34(23-19-32)38-26-7-5-6-8-27-39-35-24-20-33(21-25-35)36(37)4-2/h4,18-25,28-31H,2-3,5-17,26-27H2,1H3. The molecule has 0 amide bonds. The molecule has 0 spiro atoms. The summed E-state index contributed by atoms with van der Waals surface area (Å²) in [6.07, 6.45) is 20.0. The number of rotatable bonds is 15. The highest BCUT2D eigenvalue weighted by Gasteiger charge is 2.31. The third-order valence-corrected chi connectivity index (χ3v) is 9.28. The first-order valence-corrected chi connectivity index (χ1v) is 15.8. The molecule has 212 valence electrons. The SMILES string of the molecule is C=CC(=O)c1ccc(OCCCCCCOc2ccc(C3CCC(C4CCC(CCC)CC4)CC3)cc2)cc1. The number of allylic oxidation sites excluding steroid dienone is 1. The molecule has 39 heavy (non-hydrogen) atoms. The van der Waals surface area contributed by atoms with Gasteiger partial charge in [0.15, 0.2) is 5.78 Å². The zero-order valence-electron chi connectivity index (χ0n) is 24.3. The summed E-state index contributed by atoms with van der Waals surface area (Å²) >= 11 is 0. The number of ether oxygens (including phenoxy) is 2. The summed E-state index contributed by atoms with van der Waals surface area (Å²) in [5.41, 5.74) is 2.15. The Labute approximate surface area is 237 Å². The van der Waals surface area contributed by atoms with Crippen molar-refractivity contribution >= 4 is 5.78 Å². The number of hydrogen-bond donors (Lipinski definition) is 0. The number of carbonyl (C=O) groups excluding carboxylic acids is 1. The van der Waals surface area contributed by atoms with Crippen LogP contribution in [0.25, 0.3) is 0 Å². The van der Waals surface area contributed by atoms with Crippen LogP contribution in [0.3, 0.4) is 0 Å². The molecule has 0 N–H and O–H groups in total. The van der Waals surface area contributed by atoms with Crippen LogP contribution in [0.5, 0.6) is 11.5 Å². The monoisotopic (exact) mass is 530 g/mol. The van der Waals surface area contributed by atoms with Crippen molar-refractivity contribution in [2.24, 2.45) is 17.8 Å². The van der Waals surface area contributed by atoms with Crippen LogP contribution < -0.4 is 9.47 Å². The Hall–Kier alpha value is -2.55. The second-order valence-corrected chi connectivity index (χ2v) is 12.0. The minimum Gasteiger partial charge on any atom is -0.494 e. The Morgan fingerprint density at radius 3 is 1.77 bits per heavy atom. The van der Waals surface area contributed by atoms with Crippen LogP contribution in [0.2, 0.25) is 0 Å². The minimum absolute atomic E-state index is 0.0629. The summed E-state index contributed by atoms with van der Waals surface area (Å²) < 4.78 is 11.8. The molecule has 0 aromatic heterocycles. The molecule has 3 nitrogen and oxygen atoms in total. The molecule has 0 saturated heterocycles. The lowest BCUT2D eigenvalue weighted by molar-refractivity contribution is 0.104.